The number of hydrogen-bond donors (Lipinski definition) is 0. The molecule has 2 aromatic rings. The van der Waals surface area contributed by atoms with Gasteiger partial charge < -0.3 is 4.90 Å². The Hall–Kier alpha value is -1.61. The molecule has 1 aromatic carbocycles. The number of nitrogens with zero attached hydrogens (tertiary/aromatic N) is 3. The second-order valence-electron chi connectivity index (χ2n) is 4.77. The molecule has 19 heavy (non-hydrogen) atoms. The van der Waals surface area contributed by atoms with Crippen molar-refractivity contribution in [2.45, 2.75) is 18.7 Å². The van der Waals surface area contributed by atoms with E-state index in [9.17, 15) is 0 Å². The molecular weight excluding hydrogens is 258 g/mol. The van der Waals surface area contributed by atoms with Gasteiger partial charge in [-0.1, -0.05) is 24.3 Å². The van der Waals surface area contributed by atoms with Crippen molar-refractivity contribution in [2.75, 3.05) is 18.0 Å². The monoisotopic (exact) mass is 273 g/mol. The van der Waals surface area contributed by atoms with Crippen LogP contribution in [0, 0.1) is 0 Å². The highest BCUT2D eigenvalue weighted by molar-refractivity contribution is 6.16. The predicted molar refractivity (Wildman–Crippen MR) is 77.7 cm³/mol. The molecule has 0 aliphatic carbocycles. The summed E-state index contributed by atoms with van der Waals surface area (Å²) >= 11 is 5.74. The van der Waals surface area contributed by atoms with Gasteiger partial charge in [-0.3, -0.25) is 0 Å². The molecule has 0 saturated heterocycles. The molecule has 0 saturated carbocycles. The van der Waals surface area contributed by atoms with Gasteiger partial charge >= 0.3 is 0 Å². The first-order chi connectivity index (χ1) is 9.36. The van der Waals surface area contributed by atoms with E-state index < -0.39 is 0 Å². The molecule has 1 aliphatic rings. The van der Waals surface area contributed by atoms with E-state index in [0.717, 1.165) is 37.4 Å². The average molecular weight is 274 g/mol. The zero-order valence-corrected chi connectivity index (χ0v) is 11.5. The third kappa shape index (κ3) is 2.71. The molecule has 0 N–H and O–H groups in total. The highest BCUT2D eigenvalue weighted by Crippen LogP contribution is 2.19. The minimum absolute atomic E-state index is 0.415. The van der Waals surface area contributed by atoms with Crippen molar-refractivity contribution >= 4 is 17.4 Å². The fourth-order valence-electron chi connectivity index (χ4n) is 2.49. The molecule has 0 amide bonds. The number of benzene rings is 1. The molecule has 3 nitrogen and oxygen atoms in total. The van der Waals surface area contributed by atoms with Gasteiger partial charge in [0.15, 0.2) is 5.82 Å². The summed E-state index contributed by atoms with van der Waals surface area (Å²) in [6.07, 6.45) is 2.13. The van der Waals surface area contributed by atoms with Crippen LogP contribution in [0.3, 0.4) is 0 Å². The molecule has 0 unspecified atom stereocenters. The Morgan fingerprint density at radius 3 is 2.16 bits per heavy atom. The van der Waals surface area contributed by atoms with Crippen LogP contribution in [0.15, 0.2) is 36.4 Å². The number of rotatable bonds is 2. The lowest BCUT2D eigenvalue weighted by Gasteiger charge is -2.20. The van der Waals surface area contributed by atoms with E-state index in [1.807, 2.05) is 12.1 Å². The summed E-state index contributed by atoms with van der Waals surface area (Å²) in [7, 11) is 0. The summed E-state index contributed by atoms with van der Waals surface area (Å²) in [6, 6.07) is 12.6. The average Bonchev–Trinajstić information content (AvgIpc) is 2.70. The van der Waals surface area contributed by atoms with E-state index in [1.54, 1.807) is 0 Å². The summed E-state index contributed by atoms with van der Waals surface area (Å²) in [5.74, 6) is 1.36. The Morgan fingerprint density at radius 2 is 1.63 bits per heavy atom. The SMILES string of the molecule is ClCc1ccc(N2CCc3ccccc3CC2)nn1. The van der Waals surface area contributed by atoms with Gasteiger partial charge in [-0.2, -0.15) is 5.10 Å². The van der Waals surface area contributed by atoms with Crippen molar-refractivity contribution in [1.82, 2.24) is 10.2 Å². The van der Waals surface area contributed by atoms with Gasteiger partial charge in [-0.15, -0.1) is 16.7 Å². The van der Waals surface area contributed by atoms with Crippen molar-refractivity contribution in [3.05, 3.63) is 53.2 Å². The molecule has 0 radical (unpaired) electrons. The normalized spacial score (nSPS) is 14.9. The minimum Gasteiger partial charge on any atom is -0.354 e. The van der Waals surface area contributed by atoms with Crippen LogP contribution in [0.2, 0.25) is 0 Å². The van der Waals surface area contributed by atoms with Gasteiger partial charge in [0.05, 0.1) is 11.6 Å². The first-order valence-corrected chi connectivity index (χ1v) is 7.10. The Morgan fingerprint density at radius 1 is 0.947 bits per heavy atom. The second-order valence-corrected chi connectivity index (χ2v) is 5.04. The Labute approximate surface area is 118 Å². The molecule has 1 aromatic heterocycles. The molecule has 0 spiro atoms. The van der Waals surface area contributed by atoms with E-state index in [0.29, 0.717) is 5.88 Å². The zero-order chi connectivity index (χ0) is 13.1. The zero-order valence-electron chi connectivity index (χ0n) is 10.7. The van der Waals surface area contributed by atoms with Crippen molar-refractivity contribution in [3.63, 3.8) is 0 Å². The minimum atomic E-state index is 0.415. The van der Waals surface area contributed by atoms with Crippen molar-refractivity contribution < 1.29 is 0 Å². The summed E-state index contributed by atoms with van der Waals surface area (Å²) in [5.41, 5.74) is 3.73. The van der Waals surface area contributed by atoms with Crippen LogP contribution in [0.1, 0.15) is 16.8 Å². The summed E-state index contributed by atoms with van der Waals surface area (Å²) in [5, 5.41) is 8.40. The highest BCUT2D eigenvalue weighted by atomic mass is 35.5. The van der Waals surface area contributed by atoms with Crippen LogP contribution in [0.25, 0.3) is 0 Å². The predicted octanol–water partition coefficient (Wildman–Crippen LogP) is 2.82. The molecule has 0 atom stereocenters. The Bertz CT molecular complexity index is 527. The lowest BCUT2D eigenvalue weighted by Crippen LogP contribution is -2.27. The maximum absolute atomic E-state index is 5.74. The maximum atomic E-state index is 5.74. The molecule has 3 rings (SSSR count). The van der Waals surface area contributed by atoms with Crippen LogP contribution in [0.4, 0.5) is 5.82 Å². The standard InChI is InChI=1S/C15H16ClN3/c16-11-14-5-6-15(18-17-14)19-9-7-12-3-1-2-4-13(12)8-10-19/h1-6H,7-11H2. The molecule has 98 valence electrons. The molecule has 0 bridgehead atoms. The van der Waals surface area contributed by atoms with E-state index in [4.69, 9.17) is 11.6 Å². The van der Waals surface area contributed by atoms with Crippen molar-refractivity contribution in [1.29, 1.82) is 0 Å². The molecule has 2 heterocycles. The maximum Gasteiger partial charge on any atom is 0.151 e. The Kier molecular flexibility index (Phi) is 3.65. The van der Waals surface area contributed by atoms with Crippen LogP contribution in [-0.4, -0.2) is 23.3 Å². The van der Waals surface area contributed by atoms with Gasteiger partial charge in [-0.25, -0.2) is 0 Å². The first-order valence-electron chi connectivity index (χ1n) is 6.57. The summed E-state index contributed by atoms with van der Waals surface area (Å²) in [6.45, 7) is 1.98. The van der Waals surface area contributed by atoms with E-state index >= 15 is 0 Å². The Balaban J connectivity index is 1.77. The van der Waals surface area contributed by atoms with Crippen molar-refractivity contribution in [3.8, 4) is 0 Å². The summed E-state index contributed by atoms with van der Waals surface area (Å²) < 4.78 is 0. The summed E-state index contributed by atoms with van der Waals surface area (Å²) in [4.78, 5) is 2.30. The third-order valence-corrected chi connectivity index (χ3v) is 3.86. The van der Waals surface area contributed by atoms with E-state index in [2.05, 4.69) is 39.4 Å². The fraction of sp³-hybridized carbons (Fsp3) is 0.333. The van der Waals surface area contributed by atoms with Gasteiger partial charge in [0.1, 0.15) is 0 Å². The lowest BCUT2D eigenvalue weighted by atomic mass is 10.0. The number of anilines is 1. The number of aromatic nitrogens is 2. The van der Waals surface area contributed by atoms with Crippen LogP contribution in [0.5, 0.6) is 0 Å². The van der Waals surface area contributed by atoms with Gasteiger partial charge in [-0.05, 0) is 36.1 Å². The van der Waals surface area contributed by atoms with Gasteiger partial charge in [0.2, 0.25) is 0 Å². The number of halogens is 1. The molecular formula is C15H16ClN3. The van der Waals surface area contributed by atoms with Crippen molar-refractivity contribution in [2.24, 2.45) is 0 Å². The second kappa shape index (κ2) is 5.57. The van der Waals surface area contributed by atoms with Crippen LogP contribution >= 0.6 is 11.6 Å². The number of hydrogen-bond acceptors (Lipinski definition) is 3. The smallest absolute Gasteiger partial charge is 0.151 e. The quantitative estimate of drug-likeness (QED) is 0.788. The number of fused-ring (bicyclic) bond motifs is 1. The largest absolute Gasteiger partial charge is 0.354 e. The fourth-order valence-corrected chi connectivity index (χ4v) is 2.63. The van der Waals surface area contributed by atoms with E-state index in [1.165, 1.54) is 11.1 Å². The first kappa shape index (κ1) is 12.4. The number of alkyl halides is 1. The topological polar surface area (TPSA) is 29.0 Å². The van der Waals surface area contributed by atoms with Crippen LogP contribution < -0.4 is 4.90 Å². The van der Waals surface area contributed by atoms with Gasteiger partial charge in [0.25, 0.3) is 0 Å². The molecule has 0 fully saturated rings. The van der Waals surface area contributed by atoms with Gasteiger partial charge in [0, 0.05) is 13.1 Å². The third-order valence-electron chi connectivity index (χ3n) is 3.59. The lowest BCUT2D eigenvalue weighted by molar-refractivity contribution is 0.773. The highest BCUT2D eigenvalue weighted by Gasteiger charge is 2.14. The van der Waals surface area contributed by atoms with E-state index in [-0.39, 0.29) is 0 Å². The molecule has 4 heteroatoms. The van der Waals surface area contributed by atoms with Crippen LogP contribution in [-0.2, 0) is 18.7 Å². The molecule has 1 aliphatic heterocycles.